The minimum absolute atomic E-state index is 0.206. The Bertz CT molecular complexity index is 578. The zero-order valence-electron chi connectivity index (χ0n) is 12.4. The van der Waals surface area contributed by atoms with Crippen LogP contribution in [0.1, 0.15) is 38.2 Å². The average molecular weight is 278 g/mol. The average Bonchev–Trinajstić information content (AvgIpc) is 2.57. The van der Waals surface area contributed by atoms with Crippen LogP contribution in [0.25, 0.3) is 0 Å². The molecule has 20 heavy (non-hydrogen) atoms. The van der Waals surface area contributed by atoms with Crippen LogP contribution in [0.4, 0.5) is 0 Å². The molecule has 0 radical (unpaired) electrons. The third-order valence-corrected chi connectivity index (χ3v) is 3.92. The monoisotopic (exact) mass is 278 g/mol. The van der Waals surface area contributed by atoms with Crippen LogP contribution in [-0.4, -0.2) is 36.3 Å². The van der Waals surface area contributed by atoms with Gasteiger partial charge in [0.05, 0.1) is 11.2 Å². The lowest BCUT2D eigenvalue weighted by Crippen LogP contribution is -2.44. The first-order valence-electron chi connectivity index (χ1n) is 6.48. The van der Waals surface area contributed by atoms with Crippen LogP contribution in [0.3, 0.4) is 0 Å². The van der Waals surface area contributed by atoms with E-state index in [0.29, 0.717) is 5.46 Å². The molecule has 1 aromatic heterocycles. The Balaban J connectivity index is 2.32. The summed E-state index contributed by atoms with van der Waals surface area (Å²) in [7, 11) is 0.769. The largest absolute Gasteiger partial charge is 0.500 e. The van der Waals surface area contributed by atoms with Gasteiger partial charge in [0.15, 0.2) is 5.43 Å². The first kappa shape index (κ1) is 14.8. The van der Waals surface area contributed by atoms with Crippen LogP contribution in [-0.2, 0) is 9.31 Å². The van der Waals surface area contributed by atoms with Crippen molar-refractivity contribution in [2.75, 3.05) is 7.05 Å². The van der Waals surface area contributed by atoms with E-state index < -0.39 is 18.3 Å². The van der Waals surface area contributed by atoms with Gasteiger partial charge in [0.2, 0.25) is 0 Å². The van der Waals surface area contributed by atoms with Gasteiger partial charge in [-0.15, -0.1) is 0 Å². The van der Waals surface area contributed by atoms with Gasteiger partial charge in [-0.05, 0) is 27.7 Å². The first-order valence-corrected chi connectivity index (χ1v) is 6.48. The highest BCUT2D eigenvalue weighted by atomic mass is 16.7. The SMILES string of the molecule is CNC(=O)c1cc(=O)c(B2OC(C)(C)C(C)(C)O2)c[nH]1. The standard InChI is InChI=1S/C13H19BN2O4/c1-12(2)13(3,4)20-14(19-12)8-7-16-9(6-10(8)17)11(18)15-5/h6-7H,1-5H3,(H,15,18)(H,16,17). The van der Waals surface area contributed by atoms with E-state index in [0.717, 1.165) is 0 Å². The molecule has 6 nitrogen and oxygen atoms in total. The van der Waals surface area contributed by atoms with E-state index in [1.165, 1.54) is 19.3 Å². The summed E-state index contributed by atoms with van der Waals surface area (Å²) in [6.07, 6.45) is 1.47. The summed E-state index contributed by atoms with van der Waals surface area (Å²) in [5.41, 5.74) is -0.748. The third-order valence-electron chi connectivity index (χ3n) is 3.92. The van der Waals surface area contributed by atoms with Crippen molar-refractivity contribution in [3.8, 4) is 0 Å². The Hall–Kier alpha value is -1.60. The zero-order valence-corrected chi connectivity index (χ0v) is 12.4. The number of rotatable bonds is 2. The maximum atomic E-state index is 12.1. The molecule has 1 aliphatic rings. The topological polar surface area (TPSA) is 80.4 Å². The first-order chi connectivity index (χ1) is 9.18. The fourth-order valence-electron chi connectivity index (χ4n) is 1.90. The van der Waals surface area contributed by atoms with E-state index in [9.17, 15) is 9.59 Å². The van der Waals surface area contributed by atoms with Crippen molar-refractivity contribution in [3.05, 3.63) is 28.2 Å². The number of hydrogen-bond donors (Lipinski definition) is 2. The molecule has 108 valence electrons. The molecule has 0 atom stereocenters. The summed E-state index contributed by atoms with van der Waals surface area (Å²) in [6.45, 7) is 7.67. The molecule has 0 unspecified atom stereocenters. The Labute approximate surface area is 118 Å². The number of aromatic nitrogens is 1. The maximum absolute atomic E-state index is 12.1. The number of H-pyrrole nitrogens is 1. The van der Waals surface area contributed by atoms with Gasteiger partial charge in [0, 0.05) is 24.8 Å². The summed E-state index contributed by atoms with van der Waals surface area (Å²) < 4.78 is 11.6. The molecule has 2 N–H and O–H groups in total. The van der Waals surface area contributed by atoms with E-state index in [1.54, 1.807) is 0 Å². The number of aromatic amines is 1. The van der Waals surface area contributed by atoms with Crippen molar-refractivity contribution in [2.45, 2.75) is 38.9 Å². The van der Waals surface area contributed by atoms with E-state index in [-0.39, 0.29) is 17.0 Å². The molecule has 0 aromatic carbocycles. The molecule has 1 saturated heterocycles. The fourth-order valence-corrected chi connectivity index (χ4v) is 1.90. The van der Waals surface area contributed by atoms with Crippen LogP contribution >= 0.6 is 0 Å². The van der Waals surface area contributed by atoms with Crippen LogP contribution in [0.5, 0.6) is 0 Å². The highest BCUT2D eigenvalue weighted by molar-refractivity contribution is 6.61. The molecule has 0 spiro atoms. The van der Waals surface area contributed by atoms with Crippen molar-refractivity contribution >= 4 is 18.5 Å². The summed E-state index contributed by atoms with van der Waals surface area (Å²) in [6, 6.07) is 1.25. The van der Waals surface area contributed by atoms with Crippen molar-refractivity contribution in [3.63, 3.8) is 0 Å². The lowest BCUT2D eigenvalue weighted by atomic mass is 9.80. The Morgan fingerprint density at radius 1 is 1.25 bits per heavy atom. The molecule has 2 heterocycles. The molecule has 0 saturated carbocycles. The molecule has 2 rings (SSSR count). The number of nitrogens with one attached hydrogen (secondary N) is 2. The van der Waals surface area contributed by atoms with Gasteiger partial charge in [0.1, 0.15) is 5.69 Å². The van der Waals surface area contributed by atoms with E-state index in [1.807, 2.05) is 27.7 Å². The highest BCUT2D eigenvalue weighted by Gasteiger charge is 2.52. The van der Waals surface area contributed by atoms with Crippen LogP contribution in [0, 0.1) is 0 Å². The van der Waals surface area contributed by atoms with E-state index in [2.05, 4.69) is 10.3 Å². The predicted octanol–water partition coefficient (Wildman–Crippen LogP) is 0.0337. The van der Waals surface area contributed by atoms with E-state index >= 15 is 0 Å². The van der Waals surface area contributed by atoms with Crippen molar-refractivity contribution < 1.29 is 14.1 Å². The molecular weight excluding hydrogens is 259 g/mol. The fraction of sp³-hybridized carbons (Fsp3) is 0.538. The molecule has 1 aromatic rings. The highest BCUT2D eigenvalue weighted by Crippen LogP contribution is 2.36. The van der Waals surface area contributed by atoms with Crippen LogP contribution in [0.2, 0.25) is 0 Å². The van der Waals surface area contributed by atoms with Gasteiger partial charge < -0.3 is 19.6 Å². The van der Waals surface area contributed by atoms with Gasteiger partial charge >= 0.3 is 7.12 Å². The van der Waals surface area contributed by atoms with Crippen molar-refractivity contribution in [2.24, 2.45) is 0 Å². The Morgan fingerprint density at radius 2 is 1.80 bits per heavy atom. The van der Waals surface area contributed by atoms with Gasteiger partial charge in [-0.3, -0.25) is 9.59 Å². The molecule has 0 aliphatic carbocycles. The molecular formula is C13H19BN2O4. The molecule has 1 fully saturated rings. The minimum Gasteiger partial charge on any atom is -0.399 e. The third kappa shape index (κ3) is 2.38. The van der Waals surface area contributed by atoms with Gasteiger partial charge in [-0.25, -0.2) is 0 Å². The summed E-state index contributed by atoms with van der Waals surface area (Å²) >= 11 is 0. The number of carbonyl (C=O) groups is 1. The molecule has 1 aliphatic heterocycles. The second-order valence-corrected chi connectivity index (χ2v) is 5.83. The molecule has 1 amide bonds. The van der Waals surface area contributed by atoms with E-state index in [4.69, 9.17) is 9.31 Å². The smallest absolute Gasteiger partial charge is 0.399 e. The van der Waals surface area contributed by atoms with Crippen LogP contribution < -0.4 is 16.2 Å². The zero-order chi connectivity index (χ0) is 15.1. The second-order valence-electron chi connectivity index (χ2n) is 5.83. The second kappa shape index (κ2) is 4.75. The quantitative estimate of drug-likeness (QED) is 0.748. The summed E-state index contributed by atoms with van der Waals surface area (Å²) in [5, 5.41) is 2.45. The lowest BCUT2D eigenvalue weighted by Gasteiger charge is -2.32. The van der Waals surface area contributed by atoms with Crippen molar-refractivity contribution in [1.29, 1.82) is 0 Å². The lowest BCUT2D eigenvalue weighted by molar-refractivity contribution is 0.00578. The molecule has 0 bridgehead atoms. The van der Waals surface area contributed by atoms with Gasteiger partial charge in [0.25, 0.3) is 5.91 Å². The summed E-state index contributed by atoms with van der Waals surface area (Å²) in [5.74, 6) is -0.345. The number of amides is 1. The predicted molar refractivity (Wildman–Crippen MR) is 76.2 cm³/mol. The van der Waals surface area contributed by atoms with Crippen molar-refractivity contribution in [1.82, 2.24) is 10.3 Å². The van der Waals surface area contributed by atoms with Crippen LogP contribution in [0.15, 0.2) is 17.1 Å². The summed E-state index contributed by atoms with van der Waals surface area (Å²) in [4.78, 5) is 26.4. The minimum atomic E-state index is -0.734. The number of hydrogen-bond acceptors (Lipinski definition) is 4. The Kier molecular flexibility index (Phi) is 3.52. The number of pyridine rings is 1. The Morgan fingerprint density at radius 3 is 2.25 bits per heavy atom. The van der Waals surface area contributed by atoms with Gasteiger partial charge in [-0.1, -0.05) is 0 Å². The number of carbonyl (C=O) groups excluding carboxylic acids is 1. The maximum Gasteiger partial charge on any atom is 0.500 e. The normalized spacial score (nSPS) is 19.9. The molecule has 7 heteroatoms. The van der Waals surface area contributed by atoms with Gasteiger partial charge in [-0.2, -0.15) is 0 Å².